The third kappa shape index (κ3) is 4.52. The lowest BCUT2D eigenvalue weighted by Crippen LogP contribution is -2.37. The van der Waals surface area contributed by atoms with Crippen LogP contribution in [0.25, 0.3) is 0 Å². The Balaban J connectivity index is 1.90. The highest BCUT2D eigenvalue weighted by atomic mass is 32.2. The van der Waals surface area contributed by atoms with Crippen molar-refractivity contribution in [2.75, 3.05) is 13.1 Å². The molecular formula is C14H26N4O2S. The first kappa shape index (κ1) is 16.5. The second kappa shape index (κ2) is 7.38. The van der Waals surface area contributed by atoms with Gasteiger partial charge in [-0.05, 0) is 39.2 Å². The Labute approximate surface area is 127 Å². The molecule has 1 aliphatic rings. The molecule has 1 aromatic rings. The van der Waals surface area contributed by atoms with Gasteiger partial charge in [-0.2, -0.15) is 0 Å². The zero-order valence-corrected chi connectivity index (χ0v) is 13.7. The molecule has 1 unspecified atom stereocenters. The van der Waals surface area contributed by atoms with Gasteiger partial charge in [0.05, 0.1) is 0 Å². The molecule has 2 rings (SSSR count). The van der Waals surface area contributed by atoms with Crippen molar-refractivity contribution < 1.29 is 8.42 Å². The van der Waals surface area contributed by atoms with Crippen LogP contribution in [0.5, 0.6) is 0 Å². The van der Waals surface area contributed by atoms with Gasteiger partial charge in [-0.15, -0.1) is 0 Å². The summed E-state index contributed by atoms with van der Waals surface area (Å²) >= 11 is 0. The van der Waals surface area contributed by atoms with Gasteiger partial charge in [-0.3, -0.25) is 0 Å². The Hall–Kier alpha value is -0.920. The van der Waals surface area contributed by atoms with Crippen molar-refractivity contribution in [2.45, 2.75) is 63.6 Å². The molecule has 0 saturated carbocycles. The van der Waals surface area contributed by atoms with Crippen molar-refractivity contribution in [3.63, 3.8) is 0 Å². The molecule has 21 heavy (non-hydrogen) atoms. The number of aromatic nitrogens is 2. The maximum Gasteiger partial charge on any atom is 0.259 e. The second-order valence-corrected chi connectivity index (χ2v) is 7.37. The highest BCUT2D eigenvalue weighted by Gasteiger charge is 2.20. The lowest BCUT2D eigenvalue weighted by molar-refractivity contribution is 0.382. The standard InChI is InChI=1S/C14H26N4O2S/c1-3-10-18-11-14(17-12(18)2)21(19,20)16-9-7-13-6-4-5-8-15-13/h11,13,15-16H,3-10H2,1-2H3. The van der Waals surface area contributed by atoms with Crippen LogP contribution in [-0.4, -0.2) is 37.1 Å². The average molecular weight is 314 g/mol. The van der Waals surface area contributed by atoms with Crippen molar-refractivity contribution in [3.05, 3.63) is 12.0 Å². The third-order valence-corrected chi connectivity index (χ3v) is 5.22. The minimum absolute atomic E-state index is 0.130. The van der Waals surface area contributed by atoms with Gasteiger partial charge in [-0.25, -0.2) is 18.1 Å². The Morgan fingerprint density at radius 1 is 1.48 bits per heavy atom. The molecule has 1 fully saturated rings. The fraction of sp³-hybridized carbons (Fsp3) is 0.786. The van der Waals surface area contributed by atoms with Gasteiger partial charge in [0.25, 0.3) is 10.0 Å². The van der Waals surface area contributed by atoms with E-state index in [9.17, 15) is 8.42 Å². The highest BCUT2D eigenvalue weighted by Crippen LogP contribution is 2.12. The van der Waals surface area contributed by atoms with E-state index >= 15 is 0 Å². The highest BCUT2D eigenvalue weighted by molar-refractivity contribution is 7.89. The minimum atomic E-state index is -3.49. The van der Waals surface area contributed by atoms with E-state index in [0.717, 1.165) is 38.2 Å². The summed E-state index contributed by atoms with van der Waals surface area (Å²) in [6.07, 6.45) is 6.98. The molecule has 1 aromatic heterocycles. The summed E-state index contributed by atoms with van der Waals surface area (Å²) in [7, 11) is -3.49. The van der Waals surface area contributed by atoms with Crippen LogP contribution in [0.4, 0.5) is 0 Å². The molecule has 2 heterocycles. The topological polar surface area (TPSA) is 76.0 Å². The Morgan fingerprint density at radius 2 is 2.29 bits per heavy atom. The predicted molar refractivity (Wildman–Crippen MR) is 82.7 cm³/mol. The van der Waals surface area contributed by atoms with Crippen molar-refractivity contribution >= 4 is 10.0 Å². The lowest BCUT2D eigenvalue weighted by Gasteiger charge is -2.23. The van der Waals surface area contributed by atoms with Gasteiger partial charge in [0, 0.05) is 25.3 Å². The van der Waals surface area contributed by atoms with E-state index < -0.39 is 10.0 Å². The molecule has 1 atom stereocenters. The van der Waals surface area contributed by atoms with E-state index in [-0.39, 0.29) is 5.03 Å². The molecule has 1 saturated heterocycles. The molecule has 6 nitrogen and oxygen atoms in total. The number of hydrogen-bond donors (Lipinski definition) is 2. The second-order valence-electron chi connectivity index (χ2n) is 5.65. The molecule has 0 spiro atoms. The smallest absolute Gasteiger partial charge is 0.259 e. The summed E-state index contributed by atoms with van der Waals surface area (Å²) < 4.78 is 29.0. The average Bonchev–Trinajstić information content (AvgIpc) is 2.83. The van der Waals surface area contributed by atoms with Gasteiger partial charge in [0.2, 0.25) is 0 Å². The maximum absolute atomic E-state index is 12.2. The summed E-state index contributed by atoms with van der Waals surface area (Å²) in [6, 6.07) is 0.431. The molecule has 0 radical (unpaired) electrons. The Bertz CT molecular complexity index is 547. The van der Waals surface area contributed by atoms with E-state index in [2.05, 4.69) is 21.9 Å². The van der Waals surface area contributed by atoms with Gasteiger partial charge in [-0.1, -0.05) is 13.3 Å². The van der Waals surface area contributed by atoms with E-state index in [1.165, 1.54) is 12.8 Å². The largest absolute Gasteiger partial charge is 0.334 e. The summed E-state index contributed by atoms with van der Waals surface area (Å²) in [5.74, 6) is 0.742. The van der Waals surface area contributed by atoms with Crippen LogP contribution in [0.1, 0.15) is 44.9 Å². The fourth-order valence-corrected chi connectivity index (χ4v) is 3.74. The molecule has 120 valence electrons. The van der Waals surface area contributed by atoms with Crippen LogP contribution < -0.4 is 10.0 Å². The van der Waals surface area contributed by atoms with Gasteiger partial charge >= 0.3 is 0 Å². The number of imidazole rings is 1. The monoisotopic (exact) mass is 314 g/mol. The Morgan fingerprint density at radius 3 is 2.95 bits per heavy atom. The number of rotatable bonds is 7. The zero-order chi connectivity index (χ0) is 15.3. The predicted octanol–water partition coefficient (Wildman–Crippen LogP) is 1.41. The number of nitrogens with one attached hydrogen (secondary N) is 2. The molecule has 0 bridgehead atoms. The van der Waals surface area contributed by atoms with E-state index in [4.69, 9.17) is 0 Å². The van der Waals surface area contributed by atoms with Crippen LogP contribution in [0.2, 0.25) is 0 Å². The number of aryl methyl sites for hydroxylation is 2. The fourth-order valence-electron chi connectivity index (χ4n) is 2.69. The number of nitrogens with zero attached hydrogens (tertiary/aromatic N) is 2. The molecule has 2 N–H and O–H groups in total. The maximum atomic E-state index is 12.2. The SMILES string of the molecule is CCCn1cc(S(=O)(=O)NCCC2CCCCN2)nc1C. The molecular weight excluding hydrogens is 288 g/mol. The third-order valence-electron chi connectivity index (χ3n) is 3.89. The number of hydrogen-bond acceptors (Lipinski definition) is 4. The van der Waals surface area contributed by atoms with Crippen LogP contribution in [0.15, 0.2) is 11.2 Å². The van der Waals surface area contributed by atoms with Crippen molar-refractivity contribution in [1.82, 2.24) is 19.6 Å². The summed E-state index contributed by atoms with van der Waals surface area (Å²) in [5.41, 5.74) is 0. The quantitative estimate of drug-likeness (QED) is 0.798. The van der Waals surface area contributed by atoms with Gasteiger partial charge in [0.1, 0.15) is 5.82 Å². The van der Waals surface area contributed by atoms with Crippen molar-refractivity contribution in [2.24, 2.45) is 0 Å². The summed E-state index contributed by atoms with van der Waals surface area (Å²) in [4.78, 5) is 4.16. The van der Waals surface area contributed by atoms with Crippen molar-refractivity contribution in [3.8, 4) is 0 Å². The number of sulfonamides is 1. The van der Waals surface area contributed by atoms with Crippen LogP contribution in [0, 0.1) is 6.92 Å². The summed E-state index contributed by atoms with van der Waals surface area (Å²) in [6.45, 7) is 6.18. The molecule has 1 aliphatic heterocycles. The molecule has 7 heteroatoms. The first-order valence-corrected chi connectivity index (χ1v) is 9.28. The van der Waals surface area contributed by atoms with E-state index in [0.29, 0.717) is 12.6 Å². The Kier molecular flexibility index (Phi) is 5.78. The van der Waals surface area contributed by atoms with Crippen molar-refractivity contribution in [1.29, 1.82) is 0 Å². The van der Waals surface area contributed by atoms with Crippen LogP contribution in [0.3, 0.4) is 0 Å². The first-order valence-electron chi connectivity index (χ1n) is 7.79. The van der Waals surface area contributed by atoms with Gasteiger partial charge < -0.3 is 9.88 Å². The molecule has 0 amide bonds. The minimum Gasteiger partial charge on any atom is -0.334 e. The van der Waals surface area contributed by atoms with E-state index in [1.807, 2.05) is 11.5 Å². The van der Waals surface area contributed by atoms with Crippen LogP contribution in [-0.2, 0) is 16.6 Å². The van der Waals surface area contributed by atoms with Crippen LogP contribution >= 0.6 is 0 Å². The van der Waals surface area contributed by atoms with E-state index in [1.54, 1.807) is 6.20 Å². The summed E-state index contributed by atoms with van der Waals surface area (Å²) in [5, 5.41) is 3.55. The molecule has 0 aromatic carbocycles. The normalized spacial score (nSPS) is 19.8. The number of piperidine rings is 1. The zero-order valence-electron chi connectivity index (χ0n) is 12.9. The van der Waals surface area contributed by atoms with Gasteiger partial charge in [0.15, 0.2) is 5.03 Å². The molecule has 0 aliphatic carbocycles. The lowest BCUT2D eigenvalue weighted by atomic mass is 10.0. The first-order chi connectivity index (χ1) is 10.0.